The third-order valence-corrected chi connectivity index (χ3v) is 4.00. The quantitative estimate of drug-likeness (QED) is 0.602. The van der Waals surface area contributed by atoms with E-state index in [0.717, 1.165) is 5.75 Å². The van der Waals surface area contributed by atoms with Crippen LogP contribution in [0.3, 0.4) is 0 Å². The number of rotatable bonds is 8. The van der Waals surface area contributed by atoms with E-state index in [1.54, 1.807) is 43.3 Å². The Hall–Kier alpha value is -3.42. The largest absolute Gasteiger partial charge is 0.491 e. The summed E-state index contributed by atoms with van der Waals surface area (Å²) in [5.41, 5.74) is 1.07. The highest BCUT2D eigenvalue weighted by Gasteiger charge is 2.23. The Bertz CT molecular complexity index is 957. The summed E-state index contributed by atoms with van der Waals surface area (Å²) in [5, 5.41) is 10.3. The first-order valence-electron chi connectivity index (χ1n) is 9.29. The van der Waals surface area contributed by atoms with Gasteiger partial charge in [-0.1, -0.05) is 19.1 Å². The highest BCUT2D eigenvalue weighted by atomic mass is 19.1. The smallest absolute Gasteiger partial charge is 0.266 e. The summed E-state index contributed by atoms with van der Waals surface area (Å²) in [7, 11) is 0. The Morgan fingerprint density at radius 1 is 1.10 bits per heavy atom. The molecule has 0 bridgehead atoms. The van der Waals surface area contributed by atoms with Crippen LogP contribution in [0, 0.1) is 5.82 Å². The predicted molar refractivity (Wildman–Crippen MR) is 105 cm³/mol. The molecule has 152 valence electrons. The number of nitrogens with zero attached hydrogens (tertiary/aromatic N) is 2. The summed E-state index contributed by atoms with van der Waals surface area (Å²) in [6.45, 7) is 5.65. The van der Waals surface area contributed by atoms with Crippen LogP contribution in [0.5, 0.6) is 11.5 Å². The molecule has 0 spiro atoms. The Labute approximate surface area is 167 Å². The average Bonchev–Trinajstić information content (AvgIpc) is 3.15. The molecule has 0 aliphatic heterocycles. The number of hydrogen-bond acceptors (Lipinski definition) is 6. The minimum absolute atomic E-state index is 0.00809. The Balaban J connectivity index is 1.73. The van der Waals surface area contributed by atoms with Crippen LogP contribution in [0.4, 0.5) is 10.2 Å². The van der Waals surface area contributed by atoms with Gasteiger partial charge in [-0.05, 0) is 67.0 Å². The summed E-state index contributed by atoms with van der Waals surface area (Å²) in [6, 6.07) is 13.1. The Morgan fingerprint density at radius 3 is 2.48 bits per heavy atom. The first-order valence-corrected chi connectivity index (χ1v) is 9.29. The fourth-order valence-electron chi connectivity index (χ4n) is 2.64. The summed E-state index contributed by atoms with van der Waals surface area (Å²) < 4.78 is 29.8. The van der Waals surface area contributed by atoms with Crippen LogP contribution in [0.2, 0.25) is 0 Å². The average molecular weight is 399 g/mol. The van der Waals surface area contributed by atoms with Crippen LogP contribution in [0.25, 0.3) is 11.3 Å². The van der Waals surface area contributed by atoms with Crippen LogP contribution in [-0.2, 0) is 4.79 Å². The van der Waals surface area contributed by atoms with E-state index < -0.39 is 17.8 Å². The molecule has 1 aromatic heterocycles. The van der Waals surface area contributed by atoms with E-state index in [4.69, 9.17) is 14.1 Å². The topological polar surface area (TPSA) is 86.5 Å². The van der Waals surface area contributed by atoms with E-state index in [2.05, 4.69) is 15.6 Å². The van der Waals surface area contributed by atoms with E-state index in [1.807, 2.05) is 13.8 Å². The van der Waals surface area contributed by atoms with Crippen LogP contribution in [0.1, 0.15) is 27.2 Å². The van der Waals surface area contributed by atoms with Crippen molar-refractivity contribution in [1.29, 1.82) is 0 Å². The van der Waals surface area contributed by atoms with Crippen LogP contribution in [-0.4, -0.2) is 28.4 Å². The van der Waals surface area contributed by atoms with Gasteiger partial charge in [0.2, 0.25) is 5.82 Å². The molecule has 8 heteroatoms. The molecular weight excluding hydrogens is 377 g/mol. The van der Waals surface area contributed by atoms with E-state index in [1.165, 1.54) is 12.1 Å². The normalized spacial score (nSPS) is 11.9. The molecule has 0 saturated heterocycles. The minimum Gasteiger partial charge on any atom is -0.491 e. The van der Waals surface area contributed by atoms with Crippen molar-refractivity contribution in [1.82, 2.24) is 10.3 Å². The monoisotopic (exact) mass is 399 g/mol. The number of nitrogens with one attached hydrogen (secondary N) is 1. The number of halogens is 1. The van der Waals surface area contributed by atoms with Crippen molar-refractivity contribution < 1.29 is 23.3 Å². The molecule has 0 aliphatic carbocycles. The lowest BCUT2D eigenvalue weighted by Crippen LogP contribution is -2.32. The summed E-state index contributed by atoms with van der Waals surface area (Å²) in [6.07, 6.45) is -0.509. The summed E-state index contributed by atoms with van der Waals surface area (Å²) in [4.78, 5) is 12.6. The third kappa shape index (κ3) is 5.10. The van der Waals surface area contributed by atoms with Crippen LogP contribution in [0.15, 0.2) is 53.2 Å². The summed E-state index contributed by atoms with van der Waals surface area (Å²) in [5.74, 6) is -0.134. The zero-order valence-electron chi connectivity index (χ0n) is 16.4. The second kappa shape index (κ2) is 9.18. The van der Waals surface area contributed by atoms with Gasteiger partial charge in [0.05, 0.1) is 6.10 Å². The second-order valence-electron chi connectivity index (χ2n) is 6.59. The van der Waals surface area contributed by atoms with Crippen molar-refractivity contribution in [3.05, 3.63) is 54.3 Å². The van der Waals surface area contributed by atoms with E-state index >= 15 is 0 Å². The molecule has 0 unspecified atom stereocenters. The van der Waals surface area contributed by atoms with Crippen molar-refractivity contribution in [2.75, 3.05) is 5.32 Å². The SMILES string of the molecule is CC[C@H](Oc1ccccc1F)C(=O)Nc1nonc1-c1ccc(OC(C)C)cc1. The second-order valence-corrected chi connectivity index (χ2v) is 6.59. The molecule has 3 rings (SSSR count). The number of carbonyl (C=O) groups is 1. The lowest BCUT2D eigenvalue weighted by Gasteiger charge is -2.17. The molecule has 2 aromatic carbocycles. The van der Waals surface area contributed by atoms with Gasteiger partial charge in [-0.3, -0.25) is 4.79 Å². The maximum absolute atomic E-state index is 13.8. The Kier molecular flexibility index (Phi) is 6.43. The van der Waals surface area contributed by atoms with Crippen LogP contribution < -0.4 is 14.8 Å². The molecule has 29 heavy (non-hydrogen) atoms. The summed E-state index contributed by atoms with van der Waals surface area (Å²) >= 11 is 0. The number of amides is 1. The van der Waals surface area contributed by atoms with Gasteiger partial charge in [-0.2, -0.15) is 0 Å². The third-order valence-electron chi connectivity index (χ3n) is 4.00. The zero-order valence-corrected chi connectivity index (χ0v) is 16.4. The first kappa shape index (κ1) is 20.3. The van der Waals surface area contributed by atoms with E-state index in [9.17, 15) is 9.18 Å². The number of hydrogen-bond donors (Lipinski definition) is 1. The van der Waals surface area contributed by atoms with Crippen molar-refractivity contribution >= 4 is 11.7 Å². The van der Waals surface area contributed by atoms with Gasteiger partial charge >= 0.3 is 0 Å². The zero-order chi connectivity index (χ0) is 20.8. The van der Waals surface area contributed by atoms with Gasteiger partial charge in [0.15, 0.2) is 23.4 Å². The van der Waals surface area contributed by atoms with Crippen LogP contribution >= 0.6 is 0 Å². The van der Waals surface area contributed by atoms with Crippen molar-refractivity contribution in [2.45, 2.75) is 39.4 Å². The van der Waals surface area contributed by atoms with Gasteiger partial charge in [-0.15, -0.1) is 0 Å². The van der Waals surface area contributed by atoms with Gasteiger partial charge in [0.25, 0.3) is 5.91 Å². The fourth-order valence-corrected chi connectivity index (χ4v) is 2.64. The number of aromatic nitrogens is 2. The number of carbonyl (C=O) groups excluding carboxylic acids is 1. The minimum atomic E-state index is -0.904. The van der Waals surface area contributed by atoms with Gasteiger partial charge in [-0.25, -0.2) is 9.02 Å². The molecule has 1 N–H and O–H groups in total. The highest BCUT2D eigenvalue weighted by Crippen LogP contribution is 2.27. The molecular formula is C21H22FN3O4. The van der Waals surface area contributed by atoms with Crippen molar-refractivity contribution in [3.63, 3.8) is 0 Å². The molecule has 0 saturated carbocycles. The van der Waals surface area contributed by atoms with Gasteiger partial charge in [0.1, 0.15) is 5.75 Å². The number of para-hydroxylation sites is 1. The molecule has 0 fully saturated rings. The van der Waals surface area contributed by atoms with E-state index in [0.29, 0.717) is 17.7 Å². The lowest BCUT2D eigenvalue weighted by molar-refractivity contribution is -0.122. The van der Waals surface area contributed by atoms with Gasteiger partial charge < -0.3 is 14.8 Å². The number of anilines is 1. The molecule has 3 aromatic rings. The number of ether oxygens (including phenoxy) is 2. The van der Waals surface area contributed by atoms with E-state index in [-0.39, 0.29) is 17.7 Å². The lowest BCUT2D eigenvalue weighted by atomic mass is 10.1. The van der Waals surface area contributed by atoms with Crippen molar-refractivity contribution in [3.8, 4) is 22.8 Å². The van der Waals surface area contributed by atoms with Crippen molar-refractivity contribution in [2.24, 2.45) is 0 Å². The highest BCUT2D eigenvalue weighted by molar-refractivity contribution is 5.96. The molecule has 0 radical (unpaired) electrons. The standard InChI is InChI=1S/C21H22FN3O4/c1-4-17(28-18-8-6-5-7-16(18)22)21(26)23-20-19(24-29-25-20)14-9-11-15(12-10-14)27-13(2)3/h5-13,17H,4H2,1-3H3,(H,23,25,26)/t17-/m0/s1. The first-order chi connectivity index (χ1) is 14.0. The molecule has 1 heterocycles. The Morgan fingerprint density at radius 2 is 1.83 bits per heavy atom. The maximum Gasteiger partial charge on any atom is 0.266 e. The maximum atomic E-state index is 13.8. The molecule has 0 aliphatic rings. The predicted octanol–water partition coefficient (Wildman–Crippen LogP) is 4.46. The molecule has 1 atom stereocenters. The molecule has 1 amide bonds. The van der Waals surface area contributed by atoms with Gasteiger partial charge in [0, 0.05) is 5.56 Å². The molecule has 7 nitrogen and oxygen atoms in total. The fraction of sp³-hybridized carbons (Fsp3) is 0.286. The number of benzene rings is 2.